The fourth-order valence-corrected chi connectivity index (χ4v) is 3.06. The van der Waals surface area contributed by atoms with Crippen LogP contribution in [0.2, 0.25) is 5.02 Å². The minimum Gasteiger partial charge on any atom is -0.362 e. The molecule has 1 fully saturated rings. The Morgan fingerprint density at radius 2 is 1.77 bits per heavy atom. The van der Waals surface area contributed by atoms with Gasteiger partial charge in [0, 0.05) is 43.3 Å². The summed E-state index contributed by atoms with van der Waals surface area (Å²) in [5, 5.41) is 11.5. The van der Waals surface area contributed by atoms with Crippen molar-refractivity contribution in [3.63, 3.8) is 0 Å². The van der Waals surface area contributed by atoms with Crippen molar-refractivity contribution in [2.24, 2.45) is 0 Å². The number of carbonyl (C=O) groups is 1. The van der Waals surface area contributed by atoms with Crippen molar-refractivity contribution < 1.29 is 18.5 Å². The lowest BCUT2D eigenvalue weighted by atomic mass is 10.1. The monoisotopic (exact) mass is 381 g/mol. The molecule has 0 spiro atoms. The second-order valence-electron chi connectivity index (χ2n) is 5.79. The molecule has 0 bridgehead atoms. The Labute approximate surface area is 152 Å². The van der Waals surface area contributed by atoms with E-state index in [4.69, 9.17) is 11.6 Å². The zero-order valence-corrected chi connectivity index (χ0v) is 14.2. The van der Waals surface area contributed by atoms with Crippen molar-refractivity contribution in [2.45, 2.75) is 0 Å². The molecule has 136 valence electrons. The number of hydrogen-bond donors (Lipinski definition) is 0. The fourth-order valence-electron chi connectivity index (χ4n) is 2.89. The molecule has 1 aliphatic rings. The number of nitro groups is 1. The number of amides is 1. The predicted octanol–water partition coefficient (Wildman–Crippen LogP) is 3.49. The molecule has 2 aromatic rings. The zero-order valence-electron chi connectivity index (χ0n) is 13.5. The first-order chi connectivity index (χ1) is 12.4. The minimum atomic E-state index is -0.911. The minimum absolute atomic E-state index is 0.109. The van der Waals surface area contributed by atoms with Gasteiger partial charge in [-0.25, -0.2) is 8.78 Å². The number of benzene rings is 2. The van der Waals surface area contributed by atoms with Crippen LogP contribution in [0.1, 0.15) is 10.4 Å². The van der Waals surface area contributed by atoms with E-state index in [2.05, 4.69) is 0 Å². The van der Waals surface area contributed by atoms with E-state index in [0.717, 1.165) is 12.1 Å². The molecule has 0 N–H and O–H groups in total. The quantitative estimate of drug-likeness (QED) is 0.603. The van der Waals surface area contributed by atoms with Crippen LogP contribution in [-0.4, -0.2) is 41.9 Å². The van der Waals surface area contributed by atoms with E-state index in [1.165, 1.54) is 11.0 Å². The van der Waals surface area contributed by atoms with Crippen molar-refractivity contribution in [3.8, 4) is 0 Å². The van der Waals surface area contributed by atoms with Crippen molar-refractivity contribution in [1.82, 2.24) is 4.90 Å². The number of carbonyl (C=O) groups excluding carboxylic acids is 1. The third kappa shape index (κ3) is 3.60. The van der Waals surface area contributed by atoms with Gasteiger partial charge in [0.25, 0.3) is 11.6 Å². The molecular weight excluding hydrogens is 368 g/mol. The molecule has 6 nitrogen and oxygen atoms in total. The first kappa shape index (κ1) is 18.1. The number of halogens is 3. The number of nitro benzene ring substituents is 1. The van der Waals surface area contributed by atoms with Gasteiger partial charge < -0.3 is 9.80 Å². The van der Waals surface area contributed by atoms with Crippen LogP contribution in [0.15, 0.2) is 36.4 Å². The smallest absolute Gasteiger partial charge is 0.294 e. The van der Waals surface area contributed by atoms with E-state index < -0.39 is 22.5 Å². The molecular formula is C17H14ClF2N3O3. The van der Waals surface area contributed by atoms with Crippen molar-refractivity contribution >= 4 is 28.9 Å². The van der Waals surface area contributed by atoms with Gasteiger partial charge in [0.15, 0.2) is 0 Å². The maximum absolute atomic E-state index is 13.8. The average molecular weight is 382 g/mol. The van der Waals surface area contributed by atoms with Gasteiger partial charge >= 0.3 is 0 Å². The van der Waals surface area contributed by atoms with E-state index in [9.17, 15) is 23.7 Å². The van der Waals surface area contributed by atoms with E-state index >= 15 is 0 Å². The van der Waals surface area contributed by atoms with Crippen molar-refractivity contribution in [1.29, 1.82) is 0 Å². The Morgan fingerprint density at radius 3 is 2.38 bits per heavy atom. The lowest BCUT2D eigenvalue weighted by Crippen LogP contribution is -2.49. The number of rotatable bonds is 3. The maximum atomic E-state index is 13.8. The molecule has 0 unspecified atom stereocenters. The third-order valence-corrected chi connectivity index (χ3v) is 4.44. The lowest BCUT2D eigenvalue weighted by Gasteiger charge is -2.35. The normalized spacial score (nSPS) is 14.4. The van der Waals surface area contributed by atoms with Gasteiger partial charge in [-0.05, 0) is 24.3 Å². The average Bonchev–Trinajstić information content (AvgIpc) is 2.61. The van der Waals surface area contributed by atoms with Crippen LogP contribution < -0.4 is 4.90 Å². The van der Waals surface area contributed by atoms with Gasteiger partial charge in [0.05, 0.1) is 10.5 Å². The van der Waals surface area contributed by atoms with Gasteiger partial charge in [-0.1, -0.05) is 11.6 Å². The molecule has 1 saturated heterocycles. The first-order valence-corrected chi connectivity index (χ1v) is 8.18. The number of piperazine rings is 1. The molecule has 26 heavy (non-hydrogen) atoms. The Morgan fingerprint density at radius 1 is 1.08 bits per heavy atom. The molecule has 1 heterocycles. The SMILES string of the molecule is O=C(c1ccc(F)cc1F)N1CCN(c2ccc(Cl)cc2[N+](=O)[O-])CC1. The molecule has 0 aromatic heterocycles. The molecule has 0 saturated carbocycles. The van der Waals surface area contributed by atoms with E-state index in [0.29, 0.717) is 24.8 Å². The molecule has 1 amide bonds. The van der Waals surface area contributed by atoms with Crippen LogP contribution in [-0.2, 0) is 0 Å². The summed E-state index contributed by atoms with van der Waals surface area (Å²) < 4.78 is 26.8. The van der Waals surface area contributed by atoms with Crippen LogP contribution in [0.4, 0.5) is 20.2 Å². The molecule has 2 aromatic carbocycles. The van der Waals surface area contributed by atoms with Gasteiger partial charge in [-0.3, -0.25) is 14.9 Å². The highest BCUT2D eigenvalue weighted by Crippen LogP contribution is 2.31. The van der Waals surface area contributed by atoms with Gasteiger partial charge in [0.1, 0.15) is 17.3 Å². The van der Waals surface area contributed by atoms with E-state index in [-0.39, 0.29) is 29.4 Å². The summed E-state index contributed by atoms with van der Waals surface area (Å²) in [5.74, 6) is -2.20. The standard InChI is InChI=1S/C17H14ClF2N3O3/c18-11-1-4-15(16(9-11)23(25)26)21-5-7-22(8-6-21)17(24)13-3-2-12(19)10-14(13)20/h1-4,9-10H,5-8H2. The van der Waals surface area contributed by atoms with Gasteiger partial charge in [0.2, 0.25) is 0 Å². The van der Waals surface area contributed by atoms with Crippen LogP contribution in [0, 0.1) is 21.7 Å². The number of hydrogen-bond acceptors (Lipinski definition) is 4. The summed E-state index contributed by atoms with van der Waals surface area (Å²) >= 11 is 5.82. The Balaban J connectivity index is 1.73. The predicted molar refractivity (Wildman–Crippen MR) is 92.6 cm³/mol. The van der Waals surface area contributed by atoms with Crippen LogP contribution in [0.3, 0.4) is 0 Å². The van der Waals surface area contributed by atoms with Crippen LogP contribution >= 0.6 is 11.6 Å². The summed E-state index contributed by atoms with van der Waals surface area (Å²) in [6, 6.07) is 7.23. The van der Waals surface area contributed by atoms with E-state index in [1.807, 2.05) is 0 Å². The number of nitrogens with zero attached hydrogens (tertiary/aromatic N) is 3. The highest BCUT2D eigenvalue weighted by Gasteiger charge is 2.27. The Kier molecular flexibility index (Phi) is 5.03. The highest BCUT2D eigenvalue weighted by atomic mass is 35.5. The summed E-state index contributed by atoms with van der Waals surface area (Å²) in [6.07, 6.45) is 0. The van der Waals surface area contributed by atoms with Gasteiger partial charge in [-0.2, -0.15) is 0 Å². The maximum Gasteiger partial charge on any atom is 0.294 e. The molecule has 9 heteroatoms. The van der Waals surface area contributed by atoms with Crippen LogP contribution in [0.5, 0.6) is 0 Å². The summed E-state index contributed by atoms with van der Waals surface area (Å²) in [4.78, 5) is 26.3. The summed E-state index contributed by atoms with van der Waals surface area (Å²) in [6.45, 7) is 1.21. The summed E-state index contributed by atoms with van der Waals surface area (Å²) in [5.41, 5.74) is 0.110. The second-order valence-corrected chi connectivity index (χ2v) is 6.23. The number of anilines is 1. The topological polar surface area (TPSA) is 66.7 Å². The fraction of sp³-hybridized carbons (Fsp3) is 0.235. The largest absolute Gasteiger partial charge is 0.362 e. The Bertz CT molecular complexity index is 870. The zero-order chi connectivity index (χ0) is 18.8. The molecule has 0 atom stereocenters. The molecule has 3 rings (SSSR count). The van der Waals surface area contributed by atoms with Crippen molar-refractivity contribution in [3.05, 3.63) is 68.7 Å². The molecule has 1 aliphatic heterocycles. The first-order valence-electron chi connectivity index (χ1n) is 7.80. The lowest BCUT2D eigenvalue weighted by molar-refractivity contribution is -0.384. The second kappa shape index (κ2) is 7.25. The van der Waals surface area contributed by atoms with Crippen LogP contribution in [0.25, 0.3) is 0 Å². The Hall–Kier alpha value is -2.74. The van der Waals surface area contributed by atoms with Gasteiger partial charge in [-0.15, -0.1) is 0 Å². The molecule has 0 radical (unpaired) electrons. The highest BCUT2D eigenvalue weighted by molar-refractivity contribution is 6.30. The van der Waals surface area contributed by atoms with E-state index in [1.54, 1.807) is 17.0 Å². The van der Waals surface area contributed by atoms with Crippen molar-refractivity contribution in [2.75, 3.05) is 31.1 Å². The third-order valence-electron chi connectivity index (χ3n) is 4.20. The molecule has 0 aliphatic carbocycles. The summed E-state index contributed by atoms with van der Waals surface area (Å²) in [7, 11) is 0.